The number of pyridine rings is 1. The molecule has 2 amide bonds. The van der Waals surface area contributed by atoms with Crippen molar-refractivity contribution in [1.29, 1.82) is 0 Å². The van der Waals surface area contributed by atoms with Gasteiger partial charge in [-0.1, -0.05) is 6.07 Å². The molecule has 3 N–H and O–H groups in total. The zero-order valence-corrected chi connectivity index (χ0v) is 14.4. The SMILES string of the molecule is Cl.Cl.NCC(=O)NCCC(=O)N1CCN(c2ccccn2)CC1. The molecular weight excluding hydrogens is 341 g/mol. The molecule has 0 radical (unpaired) electrons. The maximum atomic E-state index is 12.0. The molecule has 7 nitrogen and oxygen atoms in total. The second-order valence-corrected chi connectivity index (χ2v) is 4.86. The maximum absolute atomic E-state index is 12.0. The third-order valence-corrected chi connectivity index (χ3v) is 3.45. The van der Waals surface area contributed by atoms with Gasteiger partial charge < -0.3 is 20.9 Å². The Kier molecular flexibility index (Phi) is 10.3. The molecule has 1 fully saturated rings. The number of nitrogens with one attached hydrogen (secondary N) is 1. The molecule has 0 bridgehead atoms. The van der Waals surface area contributed by atoms with Crippen molar-refractivity contribution in [3.63, 3.8) is 0 Å². The smallest absolute Gasteiger partial charge is 0.233 e. The molecule has 0 saturated carbocycles. The summed E-state index contributed by atoms with van der Waals surface area (Å²) in [5.74, 6) is 0.774. The highest BCUT2D eigenvalue weighted by molar-refractivity contribution is 5.85. The van der Waals surface area contributed by atoms with Crippen LogP contribution in [-0.4, -0.2) is 61.0 Å². The van der Waals surface area contributed by atoms with Gasteiger partial charge in [-0.15, -0.1) is 24.8 Å². The summed E-state index contributed by atoms with van der Waals surface area (Å²) in [7, 11) is 0. The fourth-order valence-corrected chi connectivity index (χ4v) is 2.26. The van der Waals surface area contributed by atoms with E-state index in [1.807, 2.05) is 23.1 Å². The van der Waals surface area contributed by atoms with Crippen molar-refractivity contribution in [3.05, 3.63) is 24.4 Å². The number of nitrogens with zero attached hydrogens (tertiary/aromatic N) is 3. The van der Waals surface area contributed by atoms with Gasteiger partial charge in [-0.25, -0.2) is 4.98 Å². The summed E-state index contributed by atoms with van der Waals surface area (Å²) in [6.45, 7) is 3.21. The third-order valence-electron chi connectivity index (χ3n) is 3.45. The summed E-state index contributed by atoms with van der Waals surface area (Å²) in [5.41, 5.74) is 5.18. The van der Waals surface area contributed by atoms with E-state index in [9.17, 15) is 9.59 Å². The first kappa shape index (κ1) is 21.4. The van der Waals surface area contributed by atoms with Crippen LogP contribution >= 0.6 is 24.8 Å². The predicted molar refractivity (Wildman–Crippen MR) is 94.2 cm³/mol. The number of aromatic nitrogens is 1. The normalized spacial score (nSPS) is 13.6. The van der Waals surface area contributed by atoms with E-state index in [1.54, 1.807) is 6.20 Å². The number of carbonyl (C=O) groups excluding carboxylic acids is 2. The van der Waals surface area contributed by atoms with Crippen molar-refractivity contribution < 1.29 is 9.59 Å². The van der Waals surface area contributed by atoms with Gasteiger partial charge >= 0.3 is 0 Å². The van der Waals surface area contributed by atoms with Gasteiger partial charge in [0.05, 0.1) is 6.54 Å². The van der Waals surface area contributed by atoms with E-state index >= 15 is 0 Å². The molecule has 0 aromatic carbocycles. The van der Waals surface area contributed by atoms with Gasteiger partial charge in [0.2, 0.25) is 11.8 Å². The molecule has 23 heavy (non-hydrogen) atoms. The van der Waals surface area contributed by atoms with Gasteiger partial charge in [-0.3, -0.25) is 9.59 Å². The molecule has 0 atom stereocenters. The average molecular weight is 364 g/mol. The van der Waals surface area contributed by atoms with Gasteiger partial charge in [0.15, 0.2) is 0 Å². The van der Waals surface area contributed by atoms with Crippen LogP contribution in [0.2, 0.25) is 0 Å². The standard InChI is InChI=1S/C14H21N5O2.2ClH/c15-11-13(20)17-6-4-14(21)19-9-7-18(8-10-19)12-3-1-2-5-16-12;;/h1-3,5H,4,6-11,15H2,(H,17,20);2*1H. The van der Waals surface area contributed by atoms with Crippen LogP contribution in [-0.2, 0) is 9.59 Å². The molecule has 9 heteroatoms. The quantitative estimate of drug-likeness (QED) is 0.770. The number of anilines is 1. The minimum absolute atomic E-state index is 0. The maximum Gasteiger partial charge on any atom is 0.233 e. The highest BCUT2D eigenvalue weighted by Crippen LogP contribution is 2.12. The fourth-order valence-electron chi connectivity index (χ4n) is 2.26. The Morgan fingerprint density at radius 1 is 1.17 bits per heavy atom. The minimum Gasteiger partial charge on any atom is -0.354 e. The lowest BCUT2D eigenvalue weighted by Crippen LogP contribution is -2.49. The number of halogens is 2. The predicted octanol–water partition coefficient (Wildman–Crippen LogP) is 0.0388. The monoisotopic (exact) mass is 363 g/mol. The fraction of sp³-hybridized carbons (Fsp3) is 0.500. The first-order valence-corrected chi connectivity index (χ1v) is 7.11. The topological polar surface area (TPSA) is 91.6 Å². The van der Waals surface area contributed by atoms with Crippen molar-refractivity contribution in [2.75, 3.05) is 44.2 Å². The number of hydrogen-bond acceptors (Lipinski definition) is 5. The Bertz CT molecular complexity index is 481. The van der Waals surface area contributed by atoms with Crippen LogP contribution in [0.1, 0.15) is 6.42 Å². The molecule has 2 rings (SSSR count). The highest BCUT2D eigenvalue weighted by atomic mass is 35.5. The Labute approximate surface area is 148 Å². The molecule has 0 spiro atoms. The second kappa shape index (κ2) is 11.0. The van der Waals surface area contributed by atoms with E-state index in [4.69, 9.17) is 5.73 Å². The summed E-state index contributed by atoms with van der Waals surface area (Å²) < 4.78 is 0. The van der Waals surface area contributed by atoms with E-state index in [2.05, 4.69) is 15.2 Å². The Balaban J connectivity index is 0.00000242. The van der Waals surface area contributed by atoms with Crippen LogP contribution in [0.3, 0.4) is 0 Å². The third kappa shape index (κ3) is 6.60. The lowest BCUT2D eigenvalue weighted by Gasteiger charge is -2.35. The summed E-state index contributed by atoms with van der Waals surface area (Å²) in [4.78, 5) is 31.3. The van der Waals surface area contributed by atoms with Crippen LogP contribution in [0.15, 0.2) is 24.4 Å². The Morgan fingerprint density at radius 3 is 2.43 bits per heavy atom. The molecule has 1 aliphatic rings. The van der Waals surface area contributed by atoms with Crippen molar-refractivity contribution in [2.45, 2.75) is 6.42 Å². The van der Waals surface area contributed by atoms with E-state index < -0.39 is 0 Å². The number of carbonyl (C=O) groups is 2. The first-order valence-electron chi connectivity index (χ1n) is 7.11. The van der Waals surface area contributed by atoms with Crippen molar-refractivity contribution in [3.8, 4) is 0 Å². The van der Waals surface area contributed by atoms with E-state index in [0.29, 0.717) is 26.1 Å². The zero-order chi connectivity index (χ0) is 15.1. The lowest BCUT2D eigenvalue weighted by molar-refractivity contribution is -0.131. The van der Waals surface area contributed by atoms with E-state index in [1.165, 1.54) is 0 Å². The zero-order valence-electron chi connectivity index (χ0n) is 12.8. The largest absolute Gasteiger partial charge is 0.354 e. The first-order chi connectivity index (χ1) is 10.2. The van der Waals surface area contributed by atoms with Crippen molar-refractivity contribution in [2.24, 2.45) is 5.73 Å². The van der Waals surface area contributed by atoms with Crippen LogP contribution in [0.25, 0.3) is 0 Å². The molecule has 0 aliphatic carbocycles. The van der Waals surface area contributed by atoms with Gasteiger partial charge in [0.25, 0.3) is 0 Å². The average Bonchev–Trinajstić information content (AvgIpc) is 2.55. The lowest BCUT2D eigenvalue weighted by atomic mass is 10.2. The van der Waals surface area contributed by atoms with Gasteiger partial charge in [-0.05, 0) is 12.1 Å². The molecule has 130 valence electrons. The van der Waals surface area contributed by atoms with E-state index in [0.717, 1.165) is 18.9 Å². The summed E-state index contributed by atoms with van der Waals surface area (Å²) in [6, 6.07) is 5.82. The van der Waals surface area contributed by atoms with Gasteiger partial charge in [-0.2, -0.15) is 0 Å². The Morgan fingerprint density at radius 2 is 1.87 bits per heavy atom. The van der Waals surface area contributed by atoms with Crippen molar-refractivity contribution in [1.82, 2.24) is 15.2 Å². The van der Waals surface area contributed by atoms with Crippen LogP contribution in [0, 0.1) is 0 Å². The number of rotatable bonds is 5. The molecule has 1 aromatic heterocycles. The Hall–Kier alpha value is -1.57. The molecule has 1 aromatic rings. The molecular formula is C14H23Cl2N5O2. The highest BCUT2D eigenvalue weighted by Gasteiger charge is 2.21. The number of hydrogen-bond donors (Lipinski definition) is 2. The molecule has 0 unspecified atom stereocenters. The number of nitrogens with two attached hydrogens (primary N) is 1. The number of amides is 2. The summed E-state index contributed by atoms with van der Waals surface area (Å²) in [6.07, 6.45) is 2.09. The minimum atomic E-state index is -0.234. The van der Waals surface area contributed by atoms with E-state index in [-0.39, 0.29) is 43.2 Å². The summed E-state index contributed by atoms with van der Waals surface area (Å²) >= 11 is 0. The number of piperazine rings is 1. The van der Waals surface area contributed by atoms with Crippen molar-refractivity contribution >= 4 is 42.4 Å². The van der Waals surface area contributed by atoms with Crippen LogP contribution < -0.4 is 16.0 Å². The second-order valence-electron chi connectivity index (χ2n) is 4.86. The van der Waals surface area contributed by atoms with Gasteiger partial charge in [0.1, 0.15) is 5.82 Å². The molecule has 2 heterocycles. The van der Waals surface area contributed by atoms with Crippen LogP contribution in [0.4, 0.5) is 5.82 Å². The summed E-state index contributed by atoms with van der Waals surface area (Å²) in [5, 5.41) is 2.61. The van der Waals surface area contributed by atoms with Gasteiger partial charge in [0, 0.05) is 45.3 Å². The molecule has 1 saturated heterocycles. The van der Waals surface area contributed by atoms with Crippen LogP contribution in [0.5, 0.6) is 0 Å². The molecule has 1 aliphatic heterocycles.